The van der Waals surface area contributed by atoms with Crippen molar-refractivity contribution in [1.29, 1.82) is 0 Å². The van der Waals surface area contributed by atoms with Gasteiger partial charge in [-0.3, -0.25) is 0 Å². The fourth-order valence-corrected chi connectivity index (χ4v) is 1.45. The summed E-state index contributed by atoms with van der Waals surface area (Å²) in [6, 6.07) is 0. The molecule has 0 atom stereocenters. The van der Waals surface area contributed by atoms with Crippen molar-refractivity contribution in [3.05, 3.63) is 17.2 Å². The number of nitrogens with two attached hydrogens (primary N) is 3. The van der Waals surface area contributed by atoms with Crippen LogP contribution in [0, 0.1) is 0 Å². The van der Waals surface area contributed by atoms with Gasteiger partial charge in [-0.15, -0.1) is 0 Å². The Morgan fingerprint density at radius 1 is 0.929 bits per heavy atom. The van der Waals surface area contributed by atoms with Crippen molar-refractivity contribution in [3.8, 4) is 0 Å². The van der Waals surface area contributed by atoms with Crippen LogP contribution >= 0.6 is 0 Å². The second kappa shape index (κ2) is 5.74. The van der Waals surface area contributed by atoms with Gasteiger partial charge in [0.15, 0.2) is 0 Å². The Kier molecular flexibility index (Phi) is 4.58. The van der Waals surface area contributed by atoms with E-state index in [-0.39, 0.29) is 0 Å². The van der Waals surface area contributed by atoms with E-state index < -0.39 is 0 Å². The van der Waals surface area contributed by atoms with Crippen molar-refractivity contribution >= 4 is 0 Å². The molecule has 7 N–H and O–H groups in total. The highest BCUT2D eigenvalue weighted by molar-refractivity contribution is 5.16. The maximum atomic E-state index is 5.51. The fraction of sp³-hybridized carbons (Fsp3) is 0.667. The molecule has 80 valence electrons. The van der Waals surface area contributed by atoms with Crippen LogP contribution in [0.15, 0.2) is 0 Å². The molecule has 0 aliphatic carbocycles. The number of aromatic amines is 1. The van der Waals surface area contributed by atoms with Crippen LogP contribution in [0.4, 0.5) is 0 Å². The van der Waals surface area contributed by atoms with Crippen molar-refractivity contribution in [2.45, 2.75) is 19.3 Å². The van der Waals surface area contributed by atoms with Crippen LogP contribution in [-0.4, -0.2) is 29.6 Å². The summed E-state index contributed by atoms with van der Waals surface area (Å²) in [6.07, 6.45) is 2.41. The number of nitrogens with one attached hydrogen (secondary N) is 1. The molecule has 1 rings (SSSR count). The van der Waals surface area contributed by atoms with Gasteiger partial charge in [0, 0.05) is 25.0 Å². The zero-order valence-corrected chi connectivity index (χ0v) is 8.42. The summed E-state index contributed by atoms with van der Waals surface area (Å²) in [7, 11) is 0. The lowest BCUT2D eigenvalue weighted by atomic mass is 10.2. The van der Waals surface area contributed by atoms with E-state index in [0.29, 0.717) is 19.6 Å². The first-order valence-electron chi connectivity index (χ1n) is 4.98. The van der Waals surface area contributed by atoms with Crippen LogP contribution in [-0.2, 0) is 19.3 Å². The highest BCUT2D eigenvalue weighted by Crippen LogP contribution is 2.07. The molecule has 0 unspecified atom stereocenters. The summed E-state index contributed by atoms with van der Waals surface area (Å²) in [5, 5.41) is 0. The van der Waals surface area contributed by atoms with Crippen LogP contribution < -0.4 is 17.2 Å². The zero-order chi connectivity index (χ0) is 10.4. The maximum Gasteiger partial charge on any atom is 0.107 e. The topological polar surface area (TPSA) is 107 Å². The first-order chi connectivity index (χ1) is 6.81. The number of hydrogen-bond donors (Lipinski definition) is 4. The number of rotatable bonds is 6. The van der Waals surface area contributed by atoms with E-state index in [9.17, 15) is 0 Å². The Bertz CT molecular complexity index is 245. The molecule has 0 spiro atoms. The van der Waals surface area contributed by atoms with Crippen LogP contribution in [0.1, 0.15) is 17.2 Å². The van der Waals surface area contributed by atoms with Crippen molar-refractivity contribution in [2.75, 3.05) is 19.6 Å². The third-order valence-corrected chi connectivity index (χ3v) is 2.07. The van der Waals surface area contributed by atoms with E-state index >= 15 is 0 Å². The van der Waals surface area contributed by atoms with Crippen molar-refractivity contribution in [3.63, 3.8) is 0 Å². The van der Waals surface area contributed by atoms with Gasteiger partial charge >= 0.3 is 0 Å². The summed E-state index contributed by atoms with van der Waals surface area (Å²) < 4.78 is 0. The van der Waals surface area contributed by atoms with Gasteiger partial charge in [0.2, 0.25) is 0 Å². The molecule has 1 heterocycles. The van der Waals surface area contributed by atoms with Crippen molar-refractivity contribution < 1.29 is 0 Å². The minimum Gasteiger partial charge on any atom is -0.346 e. The van der Waals surface area contributed by atoms with Gasteiger partial charge in [-0.25, -0.2) is 4.98 Å². The van der Waals surface area contributed by atoms with Gasteiger partial charge in [0.25, 0.3) is 0 Å². The second-order valence-electron chi connectivity index (χ2n) is 3.22. The van der Waals surface area contributed by atoms with Gasteiger partial charge in [0.1, 0.15) is 5.82 Å². The molecule has 5 nitrogen and oxygen atoms in total. The van der Waals surface area contributed by atoms with Gasteiger partial charge in [-0.1, -0.05) is 0 Å². The third-order valence-electron chi connectivity index (χ3n) is 2.07. The lowest BCUT2D eigenvalue weighted by Gasteiger charge is -1.97. The summed E-state index contributed by atoms with van der Waals surface area (Å²) in [5.74, 6) is 0.944. The van der Waals surface area contributed by atoms with E-state index in [1.165, 1.54) is 0 Å². The lowest BCUT2D eigenvalue weighted by molar-refractivity contribution is 0.872. The fourth-order valence-electron chi connectivity index (χ4n) is 1.45. The Morgan fingerprint density at radius 3 is 2.14 bits per heavy atom. The van der Waals surface area contributed by atoms with Gasteiger partial charge in [-0.2, -0.15) is 0 Å². The SMILES string of the molecule is NCCc1nc(CCN)c(CCN)[nH]1. The molecule has 0 aromatic carbocycles. The smallest absolute Gasteiger partial charge is 0.107 e. The summed E-state index contributed by atoms with van der Waals surface area (Å²) >= 11 is 0. The molecule has 0 saturated carbocycles. The number of H-pyrrole nitrogens is 1. The predicted octanol–water partition coefficient (Wildman–Crippen LogP) is -1.09. The van der Waals surface area contributed by atoms with E-state index in [4.69, 9.17) is 17.2 Å². The molecule has 0 saturated heterocycles. The number of hydrogen-bond acceptors (Lipinski definition) is 4. The van der Waals surface area contributed by atoms with E-state index in [1.807, 2.05) is 0 Å². The minimum atomic E-state index is 0.609. The zero-order valence-electron chi connectivity index (χ0n) is 8.42. The molecule has 0 aliphatic rings. The first kappa shape index (κ1) is 11.2. The van der Waals surface area contributed by atoms with E-state index in [2.05, 4.69) is 9.97 Å². The predicted molar refractivity (Wildman–Crippen MR) is 56.9 cm³/mol. The summed E-state index contributed by atoms with van der Waals surface area (Å²) in [5.41, 5.74) is 18.6. The number of nitrogens with zero attached hydrogens (tertiary/aromatic N) is 1. The monoisotopic (exact) mass is 197 g/mol. The molecule has 0 bridgehead atoms. The lowest BCUT2D eigenvalue weighted by Crippen LogP contribution is -2.08. The highest BCUT2D eigenvalue weighted by Gasteiger charge is 2.07. The van der Waals surface area contributed by atoms with E-state index in [0.717, 1.165) is 36.5 Å². The normalized spacial score (nSPS) is 10.8. The summed E-state index contributed by atoms with van der Waals surface area (Å²) in [6.45, 7) is 1.85. The number of aromatic nitrogens is 2. The Morgan fingerprint density at radius 2 is 1.57 bits per heavy atom. The van der Waals surface area contributed by atoms with Crippen LogP contribution in [0.25, 0.3) is 0 Å². The first-order valence-corrected chi connectivity index (χ1v) is 4.98. The average molecular weight is 197 g/mol. The van der Waals surface area contributed by atoms with Gasteiger partial charge in [-0.05, 0) is 19.6 Å². The van der Waals surface area contributed by atoms with Crippen molar-refractivity contribution in [2.24, 2.45) is 17.2 Å². The molecule has 14 heavy (non-hydrogen) atoms. The molecule has 0 aliphatic heterocycles. The van der Waals surface area contributed by atoms with Gasteiger partial charge < -0.3 is 22.2 Å². The Balaban J connectivity index is 2.76. The molecule has 1 aromatic rings. The number of imidazole rings is 1. The molecule has 0 radical (unpaired) electrons. The Hall–Kier alpha value is -0.910. The molecule has 1 aromatic heterocycles. The van der Waals surface area contributed by atoms with Gasteiger partial charge in [0.05, 0.1) is 5.69 Å². The molecule has 0 amide bonds. The molecular weight excluding hydrogens is 178 g/mol. The molecule has 5 heteroatoms. The highest BCUT2D eigenvalue weighted by atomic mass is 14.9. The van der Waals surface area contributed by atoms with Crippen LogP contribution in [0.3, 0.4) is 0 Å². The largest absolute Gasteiger partial charge is 0.346 e. The summed E-state index contributed by atoms with van der Waals surface area (Å²) in [4.78, 5) is 7.68. The third kappa shape index (κ3) is 2.80. The van der Waals surface area contributed by atoms with E-state index in [1.54, 1.807) is 0 Å². The quantitative estimate of drug-likeness (QED) is 0.465. The molecular formula is C9H19N5. The van der Waals surface area contributed by atoms with Crippen molar-refractivity contribution in [1.82, 2.24) is 9.97 Å². The molecule has 0 fully saturated rings. The Labute approximate surface area is 84.1 Å². The average Bonchev–Trinajstić information content (AvgIpc) is 2.50. The van der Waals surface area contributed by atoms with Crippen LogP contribution in [0.5, 0.6) is 0 Å². The standard InChI is InChI=1S/C9H19N5/c10-4-1-7-8(2-5-11)14-9(13-7)3-6-12/h1-6,10-12H2,(H,13,14). The minimum absolute atomic E-state index is 0.609. The van der Waals surface area contributed by atoms with Crippen LogP contribution in [0.2, 0.25) is 0 Å². The second-order valence-corrected chi connectivity index (χ2v) is 3.22. The maximum absolute atomic E-state index is 5.51.